The van der Waals surface area contributed by atoms with E-state index in [1.54, 1.807) is 0 Å². The van der Waals surface area contributed by atoms with E-state index >= 15 is 0 Å². The van der Waals surface area contributed by atoms with Gasteiger partial charge in [-0.05, 0) is 18.9 Å². The zero-order valence-corrected chi connectivity index (χ0v) is 10.2. The molecule has 1 aromatic carbocycles. The first-order chi connectivity index (χ1) is 8.19. The lowest BCUT2D eigenvalue weighted by molar-refractivity contribution is 0.375. The molecule has 17 heavy (non-hydrogen) atoms. The van der Waals surface area contributed by atoms with E-state index in [1.807, 2.05) is 6.92 Å². The molecule has 0 bridgehead atoms. The maximum Gasteiger partial charge on any atom is 0.231 e. The zero-order valence-electron chi connectivity index (χ0n) is 10.2. The summed E-state index contributed by atoms with van der Waals surface area (Å²) in [6, 6.07) is 8.15. The van der Waals surface area contributed by atoms with E-state index in [-0.39, 0.29) is 6.04 Å². The van der Waals surface area contributed by atoms with Crippen LogP contribution in [0.5, 0.6) is 0 Å². The number of aromatic nitrogens is 2. The van der Waals surface area contributed by atoms with Crippen molar-refractivity contribution in [3.8, 4) is 0 Å². The highest BCUT2D eigenvalue weighted by Gasteiger charge is 2.12. The monoisotopic (exact) mass is 231 g/mol. The number of nitrogens with two attached hydrogens (primary N) is 1. The van der Waals surface area contributed by atoms with E-state index in [1.165, 1.54) is 5.56 Å². The maximum absolute atomic E-state index is 5.84. The Morgan fingerprint density at radius 3 is 2.65 bits per heavy atom. The summed E-state index contributed by atoms with van der Waals surface area (Å²) in [6.45, 7) is 4.07. The Kier molecular flexibility index (Phi) is 3.54. The number of hydrogen-bond donors (Lipinski definition) is 1. The second-order valence-corrected chi connectivity index (χ2v) is 4.22. The van der Waals surface area contributed by atoms with Crippen LogP contribution in [0.3, 0.4) is 0 Å². The van der Waals surface area contributed by atoms with E-state index < -0.39 is 0 Å². The van der Waals surface area contributed by atoms with Crippen LogP contribution in [0.25, 0.3) is 0 Å². The summed E-state index contributed by atoms with van der Waals surface area (Å²) in [5.41, 5.74) is 8.24. The lowest BCUT2D eigenvalue weighted by atomic mass is 10.1. The van der Waals surface area contributed by atoms with Crippen LogP contribution in [0.15, 0.2) is 28.8 Å². The smallest absolute Gasteiger partial charge is 0.231 e. The molecule has 2 rings (SSSR count). The first-order valence-corrected chi connectivity index (χ1v) is 5.82. The molecule has 0 saturated carbocycles. The standard InChI is InChI=1S/C13H17N3O/c1-3-11(14)13-15-12(17-16-13)8-10-6-4-9(2)5-7-10/h4-7,11H,3,8,14H2,1-2H3. The molecule has 0 saturated heterocycles. The van der Waals surface area contributed by atoms with Crippen molar-refractivity contribution in [3.63, 3.8) is 0 Å². The summed E-state index contributed by atoms with van der Waals surface area (Å²) in [5.74, 6) is 1.21. The average molecular weight is 231 g/mol. The van der Waals surface area contributed by atoms with Crippen molar-refractivity contribution in [3.05, 3.63) is 47.1 Å². The van der Waals surface area contributed by atoms with Crippen molar-refractivity contribution in [2.75, 3.05) is 0 Å². The van der Waals surface area contributed by atoms with Gasteiger partial charge in [0.05, 0.1) is 12.5 Å². The largest absolute Gasteiger partial charge is 0.339 e. The summed E-state index contributed by atoms with van der Waals surface area (Å²) in [5, 5.41) is 3.89. The van der Waals surface area contributed by atoms with Crippen LogP contribution in [0.2, 0.25) is 0 Å². The minimum atomic E-state index is -0.134. The Balaban J connectivity index is 2.08. The molecule has 1 aromatic heterocycles. The first kappa shape index (κ1) is 11.8. The Bertz CT molecular complexity index is 476. The molecule has 1 atom stereocenters. The van der Waals surface area contributed by atoms with Crippen LogP contribution in [0.1, 0.15) is 42.2 Å². The number of aryl methyl sites for hydroxylation is 1. The van der Waals surface area contributed by atoms with E-state index in [0.717, 1.165) is 12.0 Å². The van der Waals surface area contributed by atoms with Crippen molar-refractivity contribution in [2.45, 2.75) is 32.7 Å². The van der Waals surface area contributed by atoms with Crippen LogP contribution in [-0.2, 0) is 6.42 Å². The summed E-state index contributed by atoms with van der Waals surface area (Å²) in [4.78, 5) is 4.30. The lowest BCUT2D eigenvalue weighted by Gasteiger charge is -1.99. The SMILES string of the molecule is CCC(N)c1noc(Cc2ccc(C)cc2)n1. The molecule has 0 aliphatic rings. The molecule has 0 amide bonds. The maximum atomic E-state index is 5.84. The Labute approximate surface area is 101 Å². The normalized spacial score (nSPS) is 12.6. The number of benzene rings is 1. The van der Waals surface area contributed by atoms with Gasteiger partial charge in [0, 0.05) is 0 Å². The second kappa shape index (κ2) is 5.10. The van der Waals surface area contributed by atoms with E-state index in [4.69, 9.17) is 10.3 Å². The molecular weight excluding hydrogens is 214 g/mol. The molecule has 2 aromatic rings. The van der Waals surface area contributed by atoms with Crippen LogP contribution >= 0.6 is 0 Å². The van der Waals surface area contributed by atoms with Crippen molar-refractivity contribution in [2.24, 2.45) is 5.73 Å². The number of hydrogen-bond acceptors (Lipinski definition) is 4. The van der Waals surface area contributed by atoms with Gasteiger partial charge in [0.15, 0.2) is 5.82 Å². The van der Waals surface area contributed by atoms with Gasteiger partial charge in [-0.25, -0.2) is 0 Å². The quantitative estimate of drug-likeness (QED) is 0.877. The highest BCUT2D eigenvalue weighted by Crippen LogP contribution is 2.13. The fourth-order valence-corrected chi connectivity index (χ4v) is 1.55. The van der Waals surface area contributed by atoms with Gasteiger partial charge in [0.25, 0.3) is 0 Å². The third kappa shape index (κ3) is 2.91. The van der Waals surface area contributed by atoms with Gasteiger partial charge in [0.2, 0.25) is 5.89 Å². The Morgan fingerprint density at radius 2 is 2.00 bits per heavy atom. The van der Waals surface area contributed by atoms with Crippen molar-refractivity contribution in [1.82, 2.24) is 10.1 Å². The summed E-state index contributed by atoms with van der Waals surface area (Å²) in [6.07, 6.45) is 1.47. The Morgan fingerprint density at radius 1 is 1.29 bits per heavy atom. The fourth-order valence-electron chi connectivity index (χ4n) is 1.55. The third-order valence-electron chi connectivity index (χ3n) is 2.73. The number of nitrogens with zero attached hydrogens (tertiary/aromatic N) is 2. The average Bonchev–Trinajstić information content (AvgIpc) is 2.80. The van der Waals surface area contributed by atoms with Gasteiger partial charge >= 0.3 is 0 Å². The summed E-state index contributed by atoms with van der Waals surface area (Å²) < 4.78 is 5.18. The van der Waals surface area contributed by atoms with Gasteiger partial charge in [0.1, 0.15) is 0 Å². The van der Waals surface area contributed by atoms with Crippen LogP contribution in [-0.4, -0.2) is 10.1 Å². The fraction of sp³-hybridized carbons (Fsp3) is 0.385. The molecule has 4 heteroatoms. The molecule has 2 N–H and O–H groups in total. The molecule has 4 nitrogen and oxygen atoms in total. The molecule has 0 aliphatic carbocycles. The Hall–Kier alpha value is -1.68. The van der Waals surface area contributed by atoms with Gasteiger partial charge in [-0.1, -0.05) is 41.9 Å². The van der Waals surface area contributed by atoms with Gasteiger partial charge in [-0.2, -0.15) is 4.98 Å². The highest BCUT2D eigenvalue weighted by atomic mass is 16.5. The van der Waals surface area contributed by atoms with Crippen molar-refractivity contribution < 1.29 is 4.52 Å². The van der Waals surface area contributed by atoms with E-state index in [2.05, 4.69) is 41.3 Å². The minimum absolute atomic E-state index is 0.134. The van der Waals surface area contributed by atoms with Gasteiger partial charge < -0.3 is 10.3 Å². The summed E-state index contributed by atoms with van der Waals surface area (Å²) in [7, 11) is 0. The molecule has 0 spiro atoms. The second-order valence-electron chi connectivity index (χ2n) is 4.22. The van der Waals surface area contributed by atoms with E-state index in [9.17, 15) is 0 Å². The lowest BCUT2D eigenvalue weighted by Crippen LogP contribution is -2.10. The van der Waals surface area contributed by atoms with E-state index in [0.29, 0.717) is 18.1 Å². The van der Waals surface area contributed by atoms with Crippen LogP contribution in [0.4, 0.5) is 0 Å². The predicted octanol–water partition coefficient (Wildman–Crippen LogP) is 2.38. The molecular formula is C13H17N3O. The summed E-state index contributed by atoms with van der Waals surface area (Å²) >= 11 is 0. The highest BCUT2D eigenvalue weighted by molar-refractivity contribution is 5.23. The van der Waals surface area contributed by atoms with Crippen molar-refractivity contribution in [1.29, 1.82) is 0 Å². The molecule has 0 aliphatic heterocycles. The molecule has 1 heterocycles. The first-order valence-electron chi connectivity index (χ1n) is 5.82. The topological polar surface area (TPSA) is 64.9 Å². The minimum Gasteiger partial charge on any atom is -0.339 e. The van der Waals surface area contributed by atoms with Crippen molar-refractivity contribution >= 4 is 0 Å². The van der Waals surface area contributed by atoms with Gasteiger partial charge in [-0.15, -0.1) is 0 Å². The van der Waals surface area contributed by atoms with Crippen LogP contribution < -0.4 is 5.73 Å². The zero-order chi connectivity index (χ0) is 12.3. The predicted molar refractivity (Wildman–Crippen MR) is 65.5 cm³/mol. The van der Waals surface area contributed by atoms with Crippen LogP contribution in [0, 0.1) is 6.92 Å². The molecule has 1 unspecified atom stereocenters. The van der Waals surface area contributed by atoms with Gasteiger partial charge in [-0.3, -0.25) is 0 Å². The molecule has 0 fully saturated rings. The molecule has 90 valence electrons. The molecule has 0 radical (unpaired) electrons. The number of rotatable bonds is 4. The third-order valence-corrected chi connectivity index (χ3v) is 2.73.